The zero-order valence-corrected chi connectivity index (χ0v) is 14.0. The fourth-order valence-corrected chi connectivity index (χ4v) is 2.34. The van der Waals surface area contributed by atoms with Crippen molar-refractivity contribution < 1.29 is 19.2 Å². The molecular formula is C18H16N4O4. The number of carbonyl (C=O) groups is 2. The Morgan fingerprint density at radius 3 is 2.73 bits per heavy atom. The van der Waals surface area contributed by atoms with Gasteiger partial charge in [-0.3, -0.25) is 9.59 Å². The molecule has 1 unspecified atom stereocenters. The van der Waals surface area contributed by atoms with Crippen LogP contribution in [0.25, 0.3) is 0 Å². The van der Waals surface area contributed by atoms with Gasteiger partial charge >= 0.3 is 5.91 Å². The number of benzene rings is 2. The molecule has 2 aromatic rings. The number of methoxy groups -OCH3 is 1. The van der Waals surface area contributed by atoms with E-state index in [0.29, 0.717) is 11.3 Å². The van der Waals surface area contributed by atoms with Crippen LogP contribution in [-0.4, -0.2) is 31.7 Å². The van der Waals surface area contributed by atoms with E-state index in [2.05, 4.69) is 20.7 Å². The number of carbonyl (C=O) groups excluding carboxylic acids is 2. The van der Waals surface area contributed by atoms with Crippen molar-refractivity contribution >= 4 is 23.7 Å². The van der Waals surface area contributed by atoms with Gasteiger partial charge in [-0.15, -0.1) is 5.11 Å². The fraction of sp³-hybridized carbons (Fsp3) is 0.167. The van der Waals surface area contributed by atoms with Crippen LogP contribution in [0, 0.1) is 0 Å². The topological polar surface area (TPSA) is 102 Å². The normalized spacial score (nSPS) is 15.9. The van der Waals surface area contributed by atoms with Crippen molar-refractivity contribution in [3.63, 3.8) is 0 Å². The molecule has 1 heterocycles. The first-order valence-corrected chi connectivity index (χ1v) is 7.80. The van der Waals surface area contributed by atoms with Crippen molar-refractivity contribution in [2.45, 2.75) is 6.04 Å². The van der Waals surface area contributed by atoms with E-state index in [1.807, 2.05) is 0 Å². The zero-order valence-electron chi connectivity index (χ0n) is 14.0. The van der Waals surface area contributed by atoms with Gasteiger partial charge in [-0.1, -0.05) is 23.4 Å². The lowest BCUT2D eigenvalue weighted by atomic mass is 10.1. The van der Waals surface area contributed by atoms with Gasteiger partial charge in [0.2, 0.25) is 0 Å². The molecule has 0 aromatic heterocycles. The summed E-state index contributed by atoms with van der Waals surface area (Å²) in [7, 11) is 1.58. The minimum Gasteiger partial charge on any atom is -0.497 e. The maximum atomic E-state index is 11.9. The summed E-state index contributed by atoms with van der Waals surface area (Å²) in [4.78, 5) is 28.5. The van der Waals surface area contributed by atoms with E-state index >= 15 is 0 Å². The van der Waals surface area contributed by atoms with Crippen LogP contribution < -0.4 is 10.1 Å². The van der Waals surface area contributed by atoms with Gasteiger partial charge in [0.05, 0.1) is 13.3 Å². The van der Waals surface area contributed by atoms with Gasteiger partial charge in [0.1, 0.15) is 5.75 Å². The minimum atomic E-state index is -0.821. The SMILES string of the molecule is COc1ccc(C=NOCC(=O)N=NC2C(=O)Nc3ccccc32)cc1. The van der Waals surface area contributed by atoms with Crippen LogP contribution >= 0.6 is 0 Å². The molecule has 8 heteroatoms. The van der Waals surface area contributed by atoms with E-state index in [-0.39, 0.29) is 12.5 Å². The molecule has 1 aliphatic heterocycles. The van der Waals surface area contributed by atoms with Gasteiger partial charge in [0.15, 0.2) is 12.6 Å². The lowest BCUT2D eigenvalue weighted by Crippen LogP contribution is -2.10. The van der Waals surface area contributed by atoms with Crippen molar-refractivity contribution in [2.75, 3.05) is 19.0 Å². The van der Waals surface area contributed by atoms with E-state index in [4.69, 9.17) is 9.57 Å². The summed E-state index contributed by atoms with van der Waals surface area (Å²) in [6.07, 6.45) is 1.46. The number of nitrogens with zero attached hydrogens (tertiary/aromatic N) is 3. The van der Waals surface area contributed by atoms with Gasteiger partial charge in [-0.05, 0) is 35.9 Å². The quantitative estimate of drug-likeness (QED) is 0.490. The standard InChI is InChI=1S/C18H16N4O4/c1-25-13-8-6-12(7-9-13)10-19-26-11-16(23)21-22-17-14-4-2-3-5-15(14)20-18(17)24/h2-10,17H,11H2,1H3,(H,20,24). The predicted molar refractivity (Wildman–Crippen MR) is 94.2 cm³/mol. The van der Waals surface area contributed by atoms with Crippen molar-refractivity contribution in [2.24, 2.45) is 15.4 Å². The Balaban J connectivity index is 1.50. The van der Waals surface area contributed by atoms with Crippen LogP contribution in [0.5, 0.6) is 5.75 Å². The molecule has 1 atom stereocenters. The number of azo groups is 1. The van der Waals surface area contributed by atoms with Crippen LogP contribution in [0.4, 0.5) is 5.69 Å². The Kier molecular flexibility index (Phi) is 5.33. The molecule has 0 spiro atoms. The van der Waals surface area contributed by atoms with Crippen LogP contribution in [0.3, 0.4) is 0 Å². The molecule has 0 saturated carbocycles. The second-order valence-electron chi connectivity index (χ2n) is 5.37. The Bertz CT molecular complexity index is 862. The fourth-order valence-electron chi connectivity index (χ4n) is 2.34. The molecule has 2 aromatic carbocycles. The van der Waals surface area contributed by atoms with Gasteiger partial charge in [-0.2, -0.15) is 5.11 Å². The summed E-state index contributed by atoms with van der Waals surface area (Å²) < 4.78 is 5.05. The van der Waals surface area contributed by atoms with Crippen LogP contribution in [0.15, 0.2) is 63.9 Å². The maximum absolute atomic E-state index is 11.9. The molecule has 1 aliphatic rings. The smallest absolute Gasteiger partial charge is 0.304 e. The number of hydrogen-bond donors (Lipinski definition) is 1. The highest BCUT2D eigenvalue weighted by Gasteiger charge is 2.30. The molecule has 1 N–H and O–H groups in total. The molecular weight excluding hydrogens is 336 g/mol. The van der Waals surface area contributed by atoms with E-state index in [0.717, 1.165) is 11.3 Å². The molecule has 2 amide bonds. The number of fused-ring (bicyclic) bond motifs is 1. The number of ether oxygens (including phenoxy) is 1. The summed E-state index contributed by atoms with van der Waals surface area (Å²) in [6, 6.07) is 13.5. The van der Waals surface area contributed by atoms with E-state index in [1.54, 1.807) is 55.6 Å². The first kappa shape index (κ1) is 17.3. The highest BCUT2D eigenvalue weighted by atomic mass is 16.6. The minimum absolute atomic E-state index is 0.318. The zero-order chi connectivity index (χ0) is 18.4. The van der Waals surface area contributed by atoms with Crippen molar-refractivity contribution in [1.82, 2.24) is 0 Å². The van der Waals surface area contributed by atoms with Gasteiger partial charge < -0.3 is 14.9 Å². The van der Waals surface area contributed by atoms with Crippen LogP contribution in [-0.2, 0) is 14.4 Å². The van der Waals surface area contributed by atoms with E-state index in [9.17, 15) is 9.59 Å². The third-order valence-corrected chi connectivity index (χ3v) is 3.63. The second-order valence-corrected chi connectivity index (χ2v) is 5.37. The van der Waals surface area contributed by atoms with Crippen molar-refractivity contribution in [3.05, 3.63) is 59.7 Å². The van der Waals surface area contributed by atoms with E-state index in [1.165, 1.54) is 6.21 Å². The highest BCUT2D eigenvalue weighted by molar-refractivity contribution is 6.02. The van der Waals surface area contributed by atoms with Gasteiger partial charge in [0.25, 0.3) is 5.91 Å². The summed E-state index contributed by atoms with van der Waals surface area (Å²) in [5.41, 5.74) is 2.15. The Labute approximate surface area is 149 Å². The average molecular weight is 352 g/mol. The lowest BCUT2D eigenvalue weighted by Gasteiger charge is -2.00. The van der Waals surface area contributed by atoms with Crippen LogP contribution in [0.2, 0.25) is 0 Å². The predicted octanol–water partition coefficient (Wildman–Crippen LogP) is 2.72. The Morgan fingerprint density at radius 1 is 1.19 bits per heavy atom. The molecule has 0 fully saturated rings. The first-order chi connectivity index (χ1) is 12.7. The number of nitrogens with one attached hydrogen (secondary N) is 1. The average Bonchev–Trinajstić information content (AvgIpc) is 2.99. The number of oxime groups is 1. The van der Waals surface area contributed by atoms with Gasteiger partial charge in [-0.25, -0.2) is 0 Å². The summed E-state index contributed by atoms with van der Waals surface area (Å²) in [5.74, 6) is -0.216. The number of para-hydroxylation sites is 1. The molecule has 26 heavy (non-hydrogen) atoms. The largest absolute Gasteiger partial charge is 0.497 e. The first-order valence-electron chi connectivity index (χ1n) is 7.80. The number of anilines is 1. The third kappa shape index (κ3) is 4.10. The molecule has 132 valence electrons. The number of hydrogen-bond acceptors (Lipinski definition) is 6. The van der Waals surface area contributed by atoms with Crippen molar-refractivity contribution in [3.8, 4) is 5.75 Å². The third-order valence-electron chi connectivity index (χ3n) is 3.63. The number of amides is 2. The second kappa shape index (κ2) is 8.02. The molecule has 0 bridgehead atoms. The summed E-state index contributed by atoms with van der Waals surface area (Å²) >= 11 is 0. The molecule has 0 aliphatic carbocycles. The highest BCUT2D eigenvalue weighted by Crippen LogP contribution is 2.32. The molecule has 0 radical (unpaired) electrons. The Morgan fingerprint density at radius 2 is 1.96 bits per heavy atom. The molecule has 3 rings (SSSR count). The van der Waals surface area contributed by atoms with Crippen molar-refractivity contribution in [1.29, 1.82) is 0 Å². The number of rotatable bonds is 6. The van der Waals surface area contributed by atoms with Gasteiger partial charge in [0, 0.05) is 11.3 Å². The monoisotopic (exact) mass is 352 g/mol. The maximum Gasteiger partial charge on any atom is 0.304 e. The lowest BCUT2D eigenvalue weighted by molar-refractivity contribution is -0.122. The summed E-state index contributed by atoms with van der Waals surface area (Å²) in [5, 5.41) is 13.7. The van der Waals surface area contributed by atoms with E-state index < -0.39 is 11.9 Å². The van der Waals surface area contributed by atoms with Crippen LogP contribution in [0.1, 0.15) is 17.2 Å². The summed E-state index contributed by atoms with van der Waals surface area (Å²) in [6.45, 7) is -0.369. The molecule has 8 nitrogen and oxygen atoms in total. The molecule has 0 saturated heterocycles. The Hall–Kier alpha value is -3.55.